The second-order valence-corrected chi connectivity index (χ2v) is 8.54. The Morgan fingerprint density at radius 1 is 1.12 bits per heavy atom. The number of likely N-dealkylation sites (N-methyl/N-ethyl adjacent to an activating group) is 1. The van der Waals surface area contributed by atoms with Gasteiger partial charge in [-0.25, -0.2) is 9.97 Å². The molecule has 0 aliphatic carbocycles. The van der Waals surface area contributed by atoms with Crippen molar-refractivity contribution in [1.29, 1.82) is 0 Å². The molecule has 6 nitrogen and oxygen atoms in total. The van der Waals surface area contributed by atoms with Crippen molar-refractivity contribution in [3.8, 4) is 17.1 Å². The quantitative estimate of drug-likeness (QED) is 0.510. The topological polar surface area (TPSA) is 77.2 Å². The number of fused-ring (bicyclic) bond motifs is 2. The van der Waals surface area contributed by atoms with Crippen molar-refractivity contribution in [3.63, 3.8) is 0 Å². The van der Waals surface area contributed by atoms with Crippen LogP contribution in [-0.2, 0) is 13.0 Å². The van der Waals surface area contributed by atoms with Crippen molar-refractivity contribution in [1.82, 2.24) is 19.9 Å². The van der Waals surface area contributed by atoms with Crippen LogP contribution in [0.25, 0.3) is 22.2 Å². The molecule has 0 saturated heterocycles. The molecule has 0 spiro atoms. The number of nitrogens with zero attached hydrogens (tertiary/aromatic N) is 4. The summed E-state index contributed by atoms with van der Waals surface area (Å²) in [5, 5.41) is 1.06. The lowest BCUT2D eigenvalue weighted by molar-refractivity contribution is 0.220. The van der Waals surface area contributed by atoms with Gasteiger partial charge in [-0.1, -0.05) is 18.2 Å². The first-order valence-corrected chi connectivity index (χ1v) is 10.9. The lowest BCUT2D eigenvalue weighted by Gasteiger charge is -2.27. The van der Waals surface area contributed by atoms with E-state index in [0.29, 0.717) is 5.88 Å². The average Bonchev–Trinajstić information content (AvgIpc) is 2.79. The van der Waals surface area contributed by atoms with Gasteiger partial charge in [0.15, 0.2) is 5.82 Å². The van der Waals surface area contributed by atoms with Gasteiger partial charge in [0.2, 0.25) is 0 Å². The molecule has 6 heteroatoms. The van der Waals surface area contributed by atoms with Gasteiger partial charge in [-0.05, 0) is 68.3 Å². The van der Waals surface area contributed by atoms with Crippen LogP contribution in [0.3, 0.4) is 0 Å². The molecule has 0 radical (unpaired) electrons. The molecular weight excluding hydrogens is 398 g/mol. The largest absolute Gasteiger partial charge is 0.467 e. The van der Waals surface area contributed by atoms with E-state index in [-0.39, 0.29) is 11.9 Å². The number of para-hydroxylation sites is 1. The number of anilines is 1. The normalized spacial score (nSPS) is 14.8. The maximum absolute atomic E-state index is 6.23. The number of aryl methyl sites for hydroxylation is 1. The molecule has 162 valence electrons. The molecule has 2 aromatic heterocycles. The smallest absolute Gasteiger partial charge is 0.258 e. The molecule has 1 aliphatic heterocycles. The van der Waals surface area contributed by atoms with E-state index in [1.807, 2.05) is 31.2 Å². The maximum atomic E-state index is 6.23. The Morgan fingerprint density at radius 2 is 1.97 bits per heavy atom. The molecule has 0 bridgehead atoms. The summed E-state index contributed by atoms with van der Waals surface area (Å²) in [6.07, 6.45) is 4.35. The fourth-order valence-corrected chi connectivity index (χ4v) is 4.52. The van der Waals surface area contributed by atoms with E-state index in [2.05, 4.69) is 47.0 Å². The highest BCUT2D eigenvalue weighted by Crippen LogP contribution is 2.32. The van der Waals surface area contributed by atoms with Crippen LogP contribution in [0.1, 0.15) is 35.3 Å². The third kappa shape index (κ3) is 3.78. The third-order valence-electron chi connectivity index (χ3n) is 6.22. The lowest BCUT2D eigenvalue weighted by Crippen LogP contribution is -2.27. The van der Waals surface area contributed by atoms with Crippen molar-refractivity contribution in [2.24, 2.45) is 0 Å². The Morgan fingerprint density at radius 3 is 2.84 bits per heavy atom. The number of hydrogen-bond donors (Lipinski definition) is 1. The number of pyridine rings is 1. The Hall–Kier alpha value is -3.51. The number of rotatable bonds is 4. The number of nitrogens with two attached hydrogens (primary N) is 1. The Labute approximate surface area is 188 Å². The summed E-state index contributed by atoms with van der Waals surface area (Å²) < 4.78 is 6.23. The van der Waals surface area contributed by atoms with Crippen LogP contribution in [0.4, 0.5) is 5.82 Å². The van der Waals surface area contributed by atoms with Crippen molar-refractivity contribution >= 4 is 16.7 Å². The highest BCUT2D eigenvalue weighted by molar-refractivity contribution is 5.82. The van der Waals surface area contributed by atoms with Crippen LogP contribution in [0.2, 0.25) is 0 Å². The number of ether oxygens (including phenoxy) is 1. The highest BCUT2D eigenvalue weighted by Gasteiger charge is 2.19. The number of hydrogen-bond acceptors (Lipinski definition) is 6. The summed E-state index contributed by atoms with van der Waals surface area (Å²) in [5.74, 6) is 0.636. The number of aromatic nitrogens is 3. The number of nitrogen functional groups attached to an aromatic ring is 1. The molecule has 4 aromatic rings. The molecule has 1 unspecified atom stereocenters. The Bertz CT molecular complexity index is 1300. The molecule has 1 aliphatic rings. The molecule has 0 saturated carbocycles. The van der Waals surface area contributed by atoms with Crippen molar-refractivity contribution in [3.05, 3.63) is 77.1 Å². The minimum Gasteiger partial charge on any atom is -0.467 e. The van der Waals surface area contributed by atoms with E-state index in [9.17, 15) is 0 Å². The Kier molecular flexibility index (Phi) is 5.23. The van der Waals surface area contributed by atoms with E-state index >= 15 is 0 Å². The molecular formula is C26H27N5O. The zero-order valence-corrected chi connectivity index (χ0v) is 18.7. The summed E-state index contributed by atoms with van der Waals surface area (Å²) in [5.41, 5.74) is 14.0. The molecule has 0 fully saturated rings. The van der Waals surface area contributed by atoms with Crippen LogP contribution in [0.5, 0.6) is 5.88 Å². The second-order valence-electron chi connectivity index (χ2n) is 8.54. The molecule has 0 amide bonds. The summed E-state index contributed by atoms with van der Waals surface area (Å²) in [6.45, 7) is 6.21. The minimum atomic E-state index is -0.256. The summed E-state index contributed by atoms with van der Waals surface area (Å²) >= 11 is 0. The van der Waals surface area contributed by atoms with Gasteiger partial charge < -0.3 is 15.4 Å². The molecule has 2 N–H and O–H groups in total. The maximum Gasteiger partial charge on any atom is 0.258 e. The summed E-state index contributed by atoms with van der Waals surface area (Å²) in [6, 6.07) is 14.4. The van der Waals surface area contributed by atoms with Gasteiger partial charge in [-0.15, -0.1) is 0 Å². The first kappa shape index (κ1) is 20.4. The predicted molar refractivity (Wildman–Crippen MR) is 127 cm³/mol. The first-order valence-electron chi connectivity index (χ1n) is 10.9. The van der Waals surface area contributed by atoms with Gasteiger partial charge in [0.1, 0.15) is 6.10 Å². The molecule has 32 heavy (non-hydrogen) atoms. The number of benzene rings is 2. The monoisotopic (exact) mass is 425 g/mol. The van der Waals surface area contributed by atoms with Crippen LogP contribution in [0, 0.1) is 6.92 Å². The zero-order chi connectivity index (χ0) is 22.2. The van der Waals surface area contributed by atoms with Gasteiger partial charge in [0.25, 0.3) is 5.88 Å². The van der Waals surface area contributed by atoms with Crippen LogP contribution in [0.15, 0.2) is 54.9 Å². The van der Waals surface area contributed by atoms with Gasteiger partial charge in [-0.3, -0.25) is 4.98 Å². The first-order chi connectivity index (χ1) is 15.5. The highest BCUT2D eigenvalue weighted by atomic mass is 16.5. The minimum absolute atomic E-state index is 0.256. The lowest BCUT2D eigenvalue weighted by atomic mass is 9.92. The van der Waals surface area contributed by atoms with Crippen LogP contribution in [-0.4, -0.2) is 33.4 Å². The van der Waals surface area contributed by atoms with Gasteiger partial charge in [0.05, 0.1) is 17.4 Å². The van der Waals surface area contributed by atoms with E-state index < -0.39 is 0 Å². The van der Waals surface area contributed by atoms with E-state index in [0.717, 1.165) is 47.2 Å². The van der Waals surface area contributed by atoms with Crippen LogP contribution >= 0.6 is 0 Å². The summed E-state index contributed by atoms with van der Waals surface area (Å²) in [7, 11) is 2.16. The summed E-state index contributed by atoms with van der Waals surface area (Å²) in [4.78, 5) is 15.9. The SMILES string of the molecule is Cc1cc(-c2cnc(N)c(OC(C)c3ccnc4ccccc34)n2)cc2c1CCN(C)C2. The van der Waals surface area contributed by atoms with Gasteiger partial charge >= 0.3 is 0 Å². The fraction of sp³-hybridized carbons (Fsp3) is 0.269. The van der Waals surface area contributed by atoms with Crippen molar-refractivity contribution in [2.45, 2.75) is 32.9 Å². The van der Waals surface area contributed by atoms with E-state index in [1.165, 1.54) is 16.7 Å². The second kappa shape index (κ2) is 8.20. The molecule has 2 aromatic carbocycles. The standard InChI is InChI=1S/C26H27N5O/c1-16-12-18(13-19-15-31(3)11-9-20(16)19)24-14-29-25(27)26(30-24)32-17(2)21-8-10-28-23-7-5-4-6-22(21)23/h4-8,10,12-14,17H,9,11,15H2,1-3H3,(H2,27,29). The molecule has 1 atom stereocenters. The molecule has 5 rings (SSSR count). The van der Waals surface area contributed by atoms with Crippen molar-refractivity contribution in [2.75, 3.05) is 19.3 Å². The van der Waals surface area contributed by atoms with Crippen molar-refractivity contribution < 1.29 is 4.74 Å². The Balaban J connectivity index is 1.48. The third-order valence-corrected chi connectivity index (χ3v) is 6.22. The van der Waals surface area contributed by atoms with Crippen LogP contribution < -0.4 is 10.5 Å². The fourth-order valence-electron chi connectivity index (χ4n) is 4.52. The predicted octanol–water partition coefficient (Wildman–Crippen LogP) is 4.71. The zero-order valence-electron chi connectivity index (χ0n) is 18.7. The average molecular weight is 426 g/mol. The van der Waals surface area contributed by atoms with E-state index in [4.69, 9.17) is 15.5 Å². The van der Waals surface area contributed by atoms with Gasteiger partial charge in [0, 0.05) is 35.8 Å². The van der Waals surface area contributed by atoms with Gasteiger partial charge in [-0.2, -0.15) is 0 Å². The van der Waals surface area contributed by atoms with E-state index in [1.54, 1.807) is 12.4 Å². The molecule has 3 heterocycles.